The zero-order chi connectivity index (χ0) is 42.9. The molecule has 4 aliphatic carbocycles. The van der Waals surface area contributed by atoms with Gasteiger partial charge in [-0.25, -0.2) is 4.57 Å². The van der Waals surface area contributed by atoms with Crippen molar-refractivity contribution in [3.05, 3.63) is 12.2 Å². The van der Waals surface area contributed by atoms with Crippen molar-refractivity contribution in [1.82, 2.24) is 5.32 Å². The Morgan fingerprint density at radius 3 is 2.17 bits per heavy atom. The van der Waals surface area contributed by atoms with Crippen LogP contribution in [0.4, 0.5) is 0 Å². The molecule has 342 valence electrons. The minimum atomic E-state index is -4.48. The molecule has 4 saturated carbocycles. The number of carbonyl (C=O) groups is 2. The van der Waals surface area contributed by atoms with Gasteiger partial charge >= 0.3 is 13.8 Å². The lowest BCUT2D eigenvalue weighted by atomic mass is 9.43. The fraction of sp³-hybridized carbons (Fsp3) is 0.915. The summed E-state index contributed by atoms with van der Waals surface area (Å²) in [5, 5.41) is 34.8. The summed E-state index contributed by atoms with van der Waals surface area (Å²) in [7, 11) is -4.48. The van der Waals surface area contributed by atoms with Crippen molar-refractivity contribution in [2.45, 2.75) is 200 Å². The number of ether oxygens (including phenoxy) is 1. The summed E-state index contributed by atoms with van der Waals surface area (Å²) < 4.78 is 27.3. The van der Waals surface area contributed by atoms with Gasteiger partial charge in [-0.05, 0) is 136 Å². The van der Waals surface area contributed by atoms with Gasteiger partial charge in [-0.15, -0.1) is 0 Å². The zero-order valence-corrected chi connectivity index (χ0v) is 38.2. The summed E-state index contributed by atoms with van der Waals surface area (Å²) in [5.74, 6) is 1.99. The smallest absolute Gasteiger partial charge is 0.463 e. The third kappa shape index (κ3) is 15.5. The van der Waals surface area contributed by atoms with Gasteiger partial charge in [-0.1, -0.05) is 91.2 Å². The van der Waals surface area contributed by atoms with Crippen LogP contribution in [0.25, 0.3) is 0 Å². The average molecular weight is 854 g/mol. The van der Waals surface area contributed by atoms with E-state index >= 15 is 0 Å². The molecule has 11 nitrogen and oxygen atoms in total. The number of aliphatic hydroxyl groups is 3. The summed E-state index contributed by atoms with van der Waals surface area (Å²) in [5.41, 5.74) is 0.345. The van der Waals surface area contributed by atoms with Crippen molar-refractivity contribution < 1.29 is 48.2 Å². The van der Waals surface area contributed by atoms with E-state index in [-0.39, 0.29) is 55.1 Å². The van der Waals surface area contributed by atoms with E-state index in [1.165, 1.54) is 44.9 Å². The lowest BCUT2D eigenvalue weighted by Gasteiger charge is -2.62. The lowest BCUT2D eigenvalue weighted by molar-refractivity contribution is -0.174. The number of rotatable bonds is 28. The number of unbranched alkanes of at least 4 members (excludes halogenated alkanes) is 11. The lowest BCUT2D eigenvalue weighted by Crippen LogP contribution is -2.58. The molecule has 4 fully saturated rings. The number of fused-ring (bicyclic) bond motifs is 5. The molecule has 0 heterocycles. The molecule has 5 N–H and O–H groups in total. The number of hydrogen-bond acceptors (Lipinski definition) is 9. The Balaban J connectivity index is 1.00. The molecular weight excluding hydrogens is 769 g/mol. The molecule has 0 saturated heterocycles. The van der Waals surface area contributed by atoms with E-state index in [9.17, 15) is 34.4 Å². The van der Waals surface area contributed by atoms with Crippen molar-refractivity contribution in [3.63, 3.8) is 0 Å². The number of allylic oxidation sites excluding steroid dienone is 2. The molecule has 0 radical (unpaired) electrons. The summed E-state index contributed by atoms with van der Waals surface area (Å²) in [6.07, 6.45) is 27.5. The number of phosphoric acid groups is 1. The minimum absolute atomic E-state index is 0.0403. The second-order valence-electron chi connectivity index (χ2n) is 19.6. The first-order chi connectivity index (χ1) is 28.2. The zero-order valence-electron chi connectivity index (χ0n) is 37.3. The topological polar surface area (TPSA) is 172 Å². The number of phosphoric ester groups is 1. The highest BCUT2D eigenvalue weighted by Gasteiger charge is 2.62. The molecule has 0 aliphatic heterocycles. The molecule has 12 atom stereocenters. The Kier molecular flexibility index (Phi) is 21.4. The van der Waals surface area contributed by atoms with Crippen LogP contribution in [0.15, 0.2) is 12.2 Å². The van der Waals surface area contributed by atoms with E-state index < -0.39 is 26.5 Å². The molecule has 1 amide bonds. The second-order valence-corrected chi connectivity index (χ2v) is 21.0. The van der Waals surface area contributed by atoms with E-state index in [4.69, 9.17) is 13.8 Å². The summed E-state index contributed by atoms with van der Waals surface area (Å²) in [4.78, 5) is 34.9. The molecular formula is C47H84NO10P. The highest BCUT2D eigenvalue weighted by molar-refractivity contribution is 7.47. The van der Waals surface area contributed by atoms with Gasteiger partial charge in [0.05, 0.1) is 25.4 Å². The van der Waals surface area contributed by atoms with Gasteiger partial charge < -0.3 is 30.3 Å². The van der Waals surface area contributed by atoms with Gasteiger partial charge in [0.1, 0.15) is 12.7 Å². The largest absolute Gasteiger partial charge is 0.472 e. The Labute approximate surface area is 357 Å². The molecule has 59 heavy (non-hydrogen) atoms. The minimum Gasteiger partial charge on any atom is -0.463 e. The summed E-state index contributed by atoms with van der Waals surface area (Å²) >= 11 is 0. The maximum Gasteiger partial charge on any atom is 0.472 e. The van der Waals surface area contributed by atoms with E-state index in [0.717, 1.165) is 96.3 Å². The molecule has 0 aromatic carbocycles. The highest BCUT2D eigenvalue weighted by atomic mass is 31.2. The number of hydrogen-bond donors (Lipinski definition) is 5. The van der Waals surface area contributed by atoms with E-state index in [1.54, 1.807) is 0 Å². The predicted molar refractivity (Wildman–Crippen MR) is 232 cm³/mol. The molecule has 0 spiro atoms. The number of nitrogens with one attached hydrogen (secondary N) is 1. The third-order valence-corrected chi connectivity index (χ3v) is 16.4. The average Bonchev–Trinajstić information content (AvgIpc) is 3.56. The Morgan fingerprint density at radius 2 is 1.46 bits per heavy atom. The number of aliphatic hydroxyl groups excluding tert-OH is 3. The molecule has 0 aromatic rings. The van der Waals surface area contributed by atoms with E-state index in [0.29, 0.717) is 41.9 Å². The van der Waals surface area contributed by atoms with Crippen molar-refractivity contribution in [3.8, 4) is 0 Å². The first kappa shape index (κ1) is 50.3. The number of amides is 1. The van der Waals surface area contributed by atoms with Crippen LogP contribution in [-0.2, 0) is 27.9 Å². The molecule has 4 rings (SSSR count). The fourth-order valence-electron chi connectivity index (χ4n) is 12.0. The van der Waals surface area contributed by atoms with Crippen LogP contribution in [0.3, 0.4) is 0 Å². The van der Waals surface area contributed by atoms with E-state index in [1.807, 2.05) is 0 Å². The Hall–Kier alpha value is -1.33. The summed E-state index contributed by atoms with van der Waals surface area (Å²) in [6, 6.07) is 0. The molecule has 0 aromatic heterocycles. The Bertz CT molecular complexity index is 1330. The molecule has 0 bridgehead atoms. The molecule has 12 heteroatoms. The van der Waals surface area contributed by atoms with Crippen LogP contribution in [0, 0.1) is 46.3 Å². The van der Waals surface area contributed by atoms with Crippen LogP contribution >= 0.6 is 7.82 Å². The SMILES string of the molecule is CCCCCCCC/C=C\CCCCCCCC(=O)OCC(O)COP(=O)(O)OCCNC(=O)CC[C@@H](C)[C@H]1CC[C@H]2[C@@H]3[C@@H](O)C[C@@H]4C[C@H](O)CC[C@]4(C)[C@H]3CC[C@]12C. The van der Waals surface area contributed by atoms with Crippen LogP contribution in [-0.4, -0.2) is 76.8 Å². The van der Waals surface area contributed by atoms with Gasteiger partial charge in [0, 0.05) is 19.4 Å². The van der Waals surface area contributed by atoms with Crippen LogP contribution in [0.1, 0.15) is 182 Å². The fourth-order valence-corrected chi connectivity index (χ4v) is 12.8. The monoisotopic (exact) mass is 854 g/mol. The number of carbonyl (C=O) groups excluding carboxylic acids is 2. The highest BCUT2D eigenvalue weighted by Crippen LogP contribution is 2.68. The van der Waals surface area contributed by atoms with Crippen LogP contribution < -0.4 is 5.32 Å². The predicted octanol–water partition coefficient (Wildman–Crippen LogP) is 9.58. The van der Waals surface area contributed by atoms with Crippen LogP contribution in [0.5, 0.6) is 0 Å². The van der Waals surface area contributed by atoms with Crippen molar-refractivity contribution >= 4 is 19.7 Å². The van der Waals surface area contributed by atoms with Crippen molar-refractivity contribution in [2.24, 2.45) is 46.3 Å². The quantitative estimate of drug-likeness (QED) is 0.0221. The van der Waals surface area contributed by atoms with Gasteiger partial charge in [-0.3, -0.25) is 18.6 Å². The normalized spacial score (nSPS) is 32.4. The third-order valence-electron chi connectivity index (χ3n) is 15.4. The van der Waals surface area contributed by atoms with Crippen molar-refractivity contribution in [2.75, 3.05) is 26.4 Å². The van der Waals surface area contributed by atoms with E-state index in [2.05, 4.69) is 45.2 Å². The first-order valence-electron chi connectivity index (χ1n) is 23.9. The standard InChI is InChI=1S/C47H84NO10P/c1-5-6-7-8-9-10-11-12-13-14-15-16-17-18-19-20-44(53)56-33-38(50)34-58-59(54,55)57-30-29-48-43(52)24-21-35(2)39-22-23-40-45-41(26-28-47(39,40)4)46(3)27-25-37(49)31-36(46)32-42(45)51/h12-13,35-42,45,49-51H,5-11,14-34H2,1-4H3,(H,48,52)(H,54,55)/b13-12-/t35-,36+,37-,38?,39-,40+,41+,42+,45+,46+,47-/m1/s1. The summed E-state index contributed by atoms with van der Waals surface area (Å²) in [6.45, 7) is 8.30. The van der Waals surface area contributed by atoms with Crippen molar-refractivity contribution in [1.29, 1.82) is 0 Å². The second kappa shape index (κ2) is 25.1. The van der Waals surface area contributed by atoms with Gasteiger partial charge in [0.2, 0.25) is 5.91 Å². The Morgan fingerprint density at radius 1 is 0.814 bits per heavy atom. The first-order valence-corrected chi connectivity index (χ1v) is 25.4. The number of esters is 1. The maximum atomic E-state index is 12.8. The molecule has 4 aliphatic rings. The van der Waals surface area contributed by atoms with Gasteiger partial charge in [0.15, 0.2) is 0 Å². The maximum absolute atomic E-state index is 12.8. The molecule has 2 unspecified atom stereocenters. The van der Waals surface area contributed by atoms with Gasteiger partial charge in [0.25, 0.3) is 0 Å². The van der Waals surface area contributed by atoms with Gasteiger partial charge in [-0.2, -0.15) is 0 Å². The van der Waals surface area contributed by atoms with Crippen LogP contribution in [0.2, 0.25) is 0 Å².